The number of aryl methyl sites for hydroxylation is 1. The van der Waals surface area contributed by atoms with E-state index in [1.165, 1.54) is 12.3 Å². The summed E-state index contributed by atoms with van der Waals surface area (Å²) in [7, 11) is 0. The van der Waals surface area contributed by atoms with Crippen LogP contribution in [0.5, 0.6) is 11.6 Å². The third kappa shape index (κ3) is 3.03. The first kappa shape index (κ1) is 13.4. The average molecular weight is 322 g/mol. The van der Waals surface area contributed by atoms with Gasteiger partial charge >= 0.3 is 0 Å². The molecule has 0 saturated heterocycles. The quantitative estimate of drug-likeness (QED) is 0.909. The highest BCUT2D eigenvalue weighted by molar-refractivity contribution is 9.10. The molecule has 0 bridgehead atoms. The van der Waals surface area contributed by atoms with Gasteiger partial charge in [0.25, 0.3) is 5.91 Å². The zero-order chi connectivity index (χ0) is 14.0. The van der Waals surface area contributed by atoms with Crippen LogP contribution in [0.1, 0.15) is 15.9 Å². The monoisotopic (exact) mass is 321 g/mol. The minimum absolute atomic E-state index is 0.188. The number of anilines is 1. The molecule has 2 aromatic rings. The van der Waals surface area contributed by atoms with Crippen molar-refractivity contribution in [2.24, 2.45) is 5.73 Å². The largest absolute Gasteiger partial charge is 0.438 e. The normalized spacial score (nSPS) is 10.2. The van der Waals surface area contributed by atoms with Crippen LogP contribution in [-0.2, 0) is 0 Å². The molecule has 0 atom stereocenters. The van der Waals surface area contributed by atoms with E-state index in [4.69, 9.17) is 16.2 Å². The number of pyridine rings is 1. The van der Waals surface area contributed by atoms with E-state index in [1.54, 1.807) is 6.07 Å². The fraction of sp³-hybridized carbons (Fsp3) is 0.0769. The topological polar surface area (TPSA) is 91.2 Å². The SMILES string of the molecule is Cc1ccc(Oc2cc(C(N)=O)c(N)cn2)c(Br)c1. The average Bonchev–Trinajstić information content (AvgIpc) is 2.34. The second kappa shape index (κ2) is 5.27. The zero-order valence-electron chi connectivity index (χ0n) is 10.2. The van der Waals surface area contributed by atoms with Crippen molar-refractivity contribution in [1.82, 2.24) is 4.98 Å². The first-order valence-electron chi connectivity index (χ1n) is 5.46. The van der Waals surface area contributed by atoms with Gasteiger partial charge in [-0.25, -0.2) is 4.98 Å². The molecule has 1 aromatic carbocycles. The van der Waals surface area contributed by atoms with E-state index in [0.717, 1.165) is 10.0 Å². The van der Waals surface area contributed by atoms with Crippen molar-refractivity contribution in [2.45, 2.75) is 6.92 Å². The van der Waals surface area contributed by atoms with E-state index in [-0.39, 0.29) is 17.1 Å². The Morgan fingerprint density at radius 2 is 2.11 bits per heavy atom. The Kier molecular flexibility index (Phi) is 3.71. The summed E-state index contributed by atoms with van der Waals surface area (Å²) in [6, 6.07) is 7.05. The molecular formula is C13H12BrN3O2. The third-order valence-corrected chi connectivity index (χ3v) is 3.10. The second-order valence-corrected chi connectivity index (χ2v) is 4.86. The lowest BCUT2D eigenvalue weighted by Crippen LogP contribution is -2.13. The fourth-order valence-corrected chi connectivity index (χ4v) is 2.09. The number of rotatable bonds is 3. The molecule has 0 aliphatic carbocycles. The molecule has 1 amide bonds. The first-order valence-corrected chi connectivity index (χ1v) is 6.26. The predicted octanol–water partition coefficient (Wildman–Crippen LogP) is 2.63. The number of aromatic nitrogens is 1. The van der Waals surface area contributed by atoms with Crippen LogP contribution in [0.15, 0.2) is 34.9 Å². The van der Waals surface area contributed by atoms with Crippen LogP contribution in [0, 0.1) is 6.92 Å². The molecule has 0 aliphatic heterocycles. The van der Waals surface area contributed by atoms with Crippen LogP contribution in [-0.4, -0.2) is 10.9 Å². The van der Waals surface area contributed by atoms with E-state index in [2.05, 4.69) is 20.9 Å². The molecule has 1 aromatic heterocycles. The maximum Gasteiger partial charge on any atom is 0.251 e. The highest BCUT2D eigenvalue weighted by Crippen LogP contribution is 2.30. The lowest BCUT2D eigenvalue weighted by atomic mass is 10.2. The number of carbonyl (C=O) groups is 1. The van der Waals surface area contributed by atoms with E-state index < -0.39 is 5.91 Å². The van der Waals surface area contributed by atoms with Crippen LogP contribution >= 0.6 is 15.9 Å². The van der Waals surface area contributed by atoms with Gasteiger partial charge in [0.15, 0.2) is 0 Å². The van der Waals surface area contributed by atoms with Crippen LogP contribution < -0.4 is 16.2 Å². The van der Waals surface area contributed by atoms with E-state index in [1.807, 2.05) is 19.1 Å². The zero-order valence-corrected chi connectivity index (χ0v) is 11.8. The van der Waals surface area contributed by atoms with Crippen molar-refractivity contribution in [3.8, 4) is 11.6 Å². The van der Waals surface area contributed by atoms with Crippen LogP contribution in [0.25, 0.3) is 0 Å². The summed E-state index contributed by atoms with van der Waals surface area (Å²) in [6.07, 6.45) is 1.34. The molecule has 98 valence electrons. The standard InChI is InChI=1S/C13H12BrN3O2/c1-7-2-3-11(9(14)4-7)19-12-5-8(13(16)18)10(15)6-17-12/h2-6H,15H2,1H3,(H2,16,18). The highest BCUT2D eigenvalue weighted by Gasteiger charge is 2.10. The molecule has 0 unspecified atom stereocenters. The number of hydrogen-bond acceptors (Lipinski definition) is 4. The lowest BCUT2D eigenvalue weighted by molar-refractivity contribution is 0.100. The van der Waals surface area contributed by atoms with Crippen molar-refractivity contribution >= 4 is 27.5 Å². The van der Waals surface area contributed by atoms with Gasteiger partial charge in [0, 0.05) is 6.07 Å². The summed E-state index contributed by atoms with van der Waals surface area (Å²) < 4.78 is 6.39. The molecule has 0 saturated carbocycles. The summed E-state index contributed by atoms with van der Waals surface area (Å²) in [5.41, 5.74) is 12.3. The van der Waals surface area contributed by atoms with Crippen molar-refractivity contribution in [2.75, 3.05) is 5.73 Å². The van der Waals surface area contributed by atoms with Crippen LogP contribution in [0.4, 0.5) is 5.69 Å². The van der Waals surface area contributed by atoms with Gasteiger partial charge in [-0.05, 0) is 40.5 Å². The number of primary amides is 1. The Labute approximate surface area is 118 Å². The van der Waals surface area contributed by atoms with Gasteiger partial charge in [-0.1, -0.05) is 6.07 Å². The minimum atomic E-state index is -0.618. The Morgan fingerprint density at radius 3 is 2.74 bits per heavy atom. The minimum Gasteiger partial charge on any atom is -0.438 e. The Balaban J connectivity index is 2.33. The van der Waals surface area contributed by atoms with Crippen molar-refractivity contribution in [3.05, 3.63) is 46.1 Å². The molecule has 6 heteroatoms. The molecular weight excluding hydrogens is 310 g/mol. The van der Waals surface area contributed by atoms with Crippen molar-refractivity contribution in [3.63, 3.8) is 0 Å². The maximum atomic E-state index is 11.2. The summed E-state index contributed by atoms with van der Waals surface area (Å²) in [5.74, 6) is 0.235. The van der Waals surface area contributed by atoms with Gasteiger partial charge in [-0.2, -0.15) is 0 Å². The summed E-state index contributed by atoms with van der Waals surface area (Å²) in [4.78, 5) is 15.2. The molecule has 5 nitrogen and oxygen atoms in total. The van der Waals surface area contributed by atoms with Crippen LogP contribution in [0.3, 0.4) is 0 Å². The lowest BCUT2D eigenvalue weighted by Gasteiger charge is -2.09. The maximum absolute atomic E-state index is 11.2. The number of ether oxygens (including phenoxy) is 1. The van der Waals surface area contributed by atoms with E-state index >= 15 is 0 Å². The molecule has 0 aliphatic rings. The summed E-state index contributed by atoms with van der Waals surface area (Å²) >= 11 is 3.40. The van der Waals surface area contributed by atoms with Crippen molar-refractivity contribution in [1.29, 1.82) is 0 Å². The molecule has 2 rings (SSSR count). The second-order valence-electron chi connectivity index (χ2n) is 4.01. The predicted molar refractivity (Wildman–Crippen MR) is 76.1 cm³/mol. The number of nitrogens with two attached hydrogens (primary N) is 2. The molecule has 0 spiro atoms. The van der Waals surface area contributed by atoms with Gasteiger partial charge < -0.3 is 16.2 Å². The number of nitrogens with zero attached hydrogens (tertiary/aromatic N) is 1. The van der Waals surface area contributed by atoms with Gasteiger partial charge in [0.05, 0.1) is 21.9 Å². The van der Waals surface area contributed by atoms with E-state index in [9.17, 15) is 4.79 Å². The summed E-state index contributed by atoms with van der Waals surface area (Å²) in [6.45, 7) is 1.97. The van der Waals surface area contributed by atoms with Gasteiger partial charge in [-0.3, -0.25) is 4.79 Å². The first-order chi connectivity index (χ1) is 8.97. The summed E-state index contributed by atoms with van der Waals surface area (Å²) in [5, 5.41) is 0. The Bertz CT molecular complexity index is 644. The fourth-order valence-electron chi connectivity index (χ4n) is 1.52. The number of hydrogen-bond donors (Lipinski definition) is 2. The molecule has 1 heterocycles. The molecule has 0 fully saturated rings. The number of nitrogen functional groups attached to an aromatic ring is 1. The smallest absolute Gasteiger partial charge is 0.251 e. The number of halogens is 1. The Hall–Kier alpha value is -2.08. The highest BCUT2D eigenvalue weighted by atomic mass is 79.9. The molecule has 19 heavy (non-hydrogen) atoms. The van der Waals surface area contributed by atoms with Gasteiger partial charge in [0.1, 0.15) is 5.75 Å². The third-order valence-electron chi connectivity index (χ3n) is 2.48. The number of amides is 1. The molecule has 4 N–H and O–H groups in total. The van der Waals surface area contributed by atoms with E-state index in [0.29, 0.717) is 5.75 Å². The van der Waals surface area contributed by atoms with Crippen LogP contribution in [0.2, 0.25) is 0 Å². The number of benzene rings is 1. The molecule has 0 radical (unpaired) electrons. The Morgan fingerprint density at radius 1 is 1.37 bits per heavy atom. The van der Waals surface area contributed by atoms with Gasteiger partial charge in [0.2, 0.25) is 5.88 Å². The van der Waals surface area contributed by atoms with Gasteiger partial charge in [-0.15, -0.1) is 0 Å². The van der Waals surface area contributed by atoms with Crippen molar-refractivity contribution < 1.29 is 9.53 Å². The number of carbonyl (C=O) groups excluding carboxylic acids is 1.